The number of rotatable bonds is 4. The summed E-state index contributed by atoms with van der Waals surface area (Å²) in [6, 6.07) is 32.9. The van der Waals surface area contributed by atoms with E-state index in [1.807, 2.05) is 0 Å². The summed E-state index contributed by atoms with van der Waals surface area (Å²) in [5.74, 6) is -1.29. The van der Waals surface area contributed by atoms with E-state index in [1.165, 1.54) is 10.7 Å². The molecule has 0 heterocycles. The van der Waals surface area contributed by atoms with E-state index < -0.39 is 25.7 Å². The number of carboxylic acids is 1. The van der Waals surface area contributed by atoms with Crippen molar-refractivity contribution in [1.29, 1.82) is 0 Å². The molecule has 0 amide bonds. The molecule has 0 bridgehead atoms. The summed E-state index contributed by atoms with van der Waals surface area (Å²) >= 11 is 2.76. The molecule has 0 saturated carbocycles. The van der Waals surface area contributed by atoms with Gasteiger partial charge in [0.1, 0.15) is 5.88 Å². The maximum atomic E-state index is 9.24. The molecule has 1 radical (unpaired) electrons. The van der Waals surface area contributed by atoms with Crippen LogP contribution in [0.15, 0.2) is 91.0 Å². The van der Waals surface area contributed by atoms with Crippen LogP contribution in [0.1, 0.15) is 0 Å². The van der Waals surface area contributed by atoms with Crippen LogP contribution >= 0.6 is 11.6 Å². The molecular weight excluding hydrogens is 426 g/mol. The van der Waals surface area contributed by atoms with E-state index in [4.69, 9.17) is 16.7 Å². The van der Waals surface area contributed by atoms with Gasteiger partial charge in [-0.3, -0.25) is 4.79 Å². The first-order valence-electron chi connectivity index (χ1n) is 7.53. The zero-order valence-corrected chi connectivity index (χ0v) is 16.7. The Morgan fingerprint density at radius 3 is 1.17 bits per heavy atom. The topological polar surface area (TPSA) is 37.3 Å². The van der Waals surface area contributed by atoms with E-state index in [0.29, 0.717) is 0 Å². The molecule has 0 aromatic heterocycles. The zero-order valence-electron chi connectivity index (χ0n) is 13.1. The molecule has 121 valence electrons. The van der Waals surface area contributed by atoms with Crippen LogP contribution in [0.4, 0.5) is 0 Å². The van der Waals surface area contributed by atoms with Crippen molar-refractivity contribution in [2.45, 2.75) is 0 Å². The summed E-state index contributed by atoms with van der Waals surface area (Å²) in [5, 5.41) is 7.59. The second-order valence-electron chi connectivity index (χ2n) is 5.00. The van der Waals surface area contributed by atoms with Gasteiger partial charge in [-0.1, -0.05) is 0 Å². The number of hydrogen-bond acceptors (Lipinski definition) is 1. The first-order chi connectivity index (χ1) is 11.7. The van der Waals surface area contributed by atoms with Crippen molar-refractivity contribution < 1.29 is 9.90 Å². The van der Waals surface area contributed by atoms with E-state index in [1.54, 1.807) is 0 Å². The van der Waals surface area contributed by atoms with Crippen LogP contribution in [-0.2, 0) is 4.79 Å². The Morgan fingerprint density at radius 2 is 0.958 bits per heavy atom. The van der Waals surface area contributed by atoms with Crippen molar-refractivity contribution in [3.05, 3.63) is 91.0 Å². The number of halogens is 1. The molecule has 0 atom stereocenters. The first-order valence-corrected chi connectivity index (χ1v) is 12.3. The fourth-order valence-electron chi connectivity index (χ4n) is 2.31. The predicted octanol–water partition coefficient (Wildman–Crippen LogP) is 2.51. The third kappa shape index (κ3) is 5.69. The number of alkyl halides is 1. The zero-order chi connectivity index (χ0) is 17.2. The van der Waals surface area contributed by atoms with E-state index in [0.717, 1.165) is 0 Å². The monoisotopic (exact) mass is 445 g/mol. The molecule has 3 rings (SSSR count). The number of benzene rings is 3. The average Bonchev–Trinajstić information content (AvgIpc) is 2.65. The van der Waals surface area contributed by atoms with E-state index >= 15 is 0 Å². The molecule has 0 unspecified atom stereocenters. The van der Waals surface area contributed by atoms with Gasteiger partial charge < -0.3 is 5.11 Å². The standard InChI is InChI=1S/3C6H5.C2H3ClO2.Sn/c3*1-2-4-6-5-3-1;3-1-2(4)5;/h3*1-5H;1H2,(H,4,5);. The second-order valence-corrected chi connectivity index (χ2v) is 12.4. The molecule has 1 N–H and O–H groups in total. The Morgan fingerprint density at radius 1 is 0.708 bits per heavy atom. The van der Waals surface area contributed by atoms with Crippen molar-refractivity contribution in [3.63, 3.8) is 0 Å². The Bertz CT molecular complexity index is 639. The Balaban J connectivity index is 0.000000368. The molecule has 4 heteroatoms. The Labute approximate surface area is 154 Å². The first kappa shape index (κ1) is 18.6. The molecule has 0 fully saturated rings. The van der Waals surface area contributed by atoms with E-state index in [-0.39, 0.29) is 5.88 Å². The van der Waals surface area contributed by atoms with Crippen molar-refractivity contribution in [1.82, 2.24) is 0 Å². The fourth-order valence-corrected chi connectivity index (χ4v) is 9.67. The molecule has 24 heavy (non-hydrogen) atoms. The van der Waals surface area contributed by atoms with Gasteiger partial charge in [0, 0.05) is 0 Å². The molecule has 0 aliphatic carbocycles. The minimum atomic E-state index is -1.98. The molecule has 0 saturated heterocycles. The number of hydrogen-bond donors (Lipinski definition) is 1. The number of carboxylic acid groups (broad SMARTS) is 1. The van der Waals surface area contributed by atoms with Gasteiger partial charge in [0.05, 0.1) is 0 Å². The van der Waals surface area contributed by atoms with Crippen LogP contribution in [0.25, 0.3) is 0 Å². The van der Waals surface area contributed by atoms with Gasteiger partial charge in [0.25, 0.3) is 0 Å². The van der Waals surface area contributed by atoms with Crippen molar-refractivity contribution in [3.8, 4) is 0 Å². The van der Waals surface area contributed by atoms with E-state index in [9.17, 15) is 4.79 Å². The van der Waals surface area contributed by atoms with Crippen LogP contribution in [0.5, 0.6) is 0 Å². The van der Waals surface area contributed by atoms with Gasteiger partial charge in [-0.25, -0.2) is 0 Å². The molecule has 0 aliphatic heterocycles. The van der Waals surface area contributed by atoms with Crippen LogP contribution in [-0.4, -0.2) is 36.7 Å². The van der Waals surface area contributed by atoms with Gasteiger partial charge in [-0.2, -0.15) is 0 Å². The number of carbonyl (C=O) groups is 1. The second kappa shape index (κ2) is 10.2. The molecule has 0 spiro atoms. The summed E-state index contributed by atoms with van der Waals surface area (Å²) < 4.78 is 4.59. The van der Waals surface area contributed by atoms with Gasteiger partial charge in [0.15, 0.2) is 0 Å². The summed E-state index contributed by atoms with van der Waals surface area (Å²) in [6.45, 7) is 0. The van der Waals surface area contributed by atoms with Crippen molar-refractivity contribution in [2.24, 2.45) is 0 Å². The van der Waals surface area contributed by atoms with Gasteiger partial charge in [-0.05, 0) is 0 Å². The normalized spacial score (nSPS) is 9.92. The minimum absolute atomic E-state index is 0.306. The summed E-state index contributed by atoms with van der Waals surface area (Å²) in [7, 11) is 0. The fraction of sp³-hybridized carbons (Fsp3) is 0.0500. The number of aliphatic carboxylic acids is 1. The molecule has 2 nitrogen and oxygen atoms in total. The quantitative estimate of drug-likeness (QED) is 0.496. The van der Waals surface area contributed by atoms with Gasteiger partial charge in [0.2, 0.25) is 0 Å². The Kier molecular flexibility index (Phi) is 7.86. The molecular formula is C20H18ClO2Sn. The van der Waals surface area contributed by atoms with Crippen LogP contribution in [0, 0.1) is 0 Å². The van der Waals surface area contributed by atoms with Gasteiger partial charge >= 0.3 is 127 Å². The van der Waals surface area contributed by atoms with E-state index in [2.05, 4.69) is 91.0 Å². The average molecular weight is 445 g/mol. The van der Waals surface area contributed by atoms with Crippen LogP contribution in [0.3, 0.4) is 0 Å². The van der Waals surface area contributed by atoms with Gasteiger partial charge in [-0.15, -0.1) is 11.6 Å². The molecule has 0 aliphatic rings. The summed E-state index contributed by atoms with van der Waals surface area (Å²) in [6.07, 6.45) is 0. The summed E-state index contributed by atoms with van der Waals surface area (Å²) in [4.78, 5) is 9.24. The van der Waals surface area contributed by atoms with Crippen molar-refractivity contribution >= 4 is 48.1 Å². The SMILES string of the molecule is O=C(O)CCl.c1cc[c]([Sn]([c]2ccccc2)[c]2ccccc2)cc1. The molecule has 3 aromatic rings. The Hall–Kier alpha value is -1.78. The van der Waals surface area contributed by atoms with Crippen LogP contribution < -0.4 is 10.7 Å². The van der Waals surface area contributed by atoms with Crippen LogP contribution in [0.2, 0.25) is 0 Å². The maximum absolute atomic E-state index is 9.24. The predicted molar refractivity (Wildman–Crippen MR) is 102 cm³/mol. The third-order valence-corrected chi connectivity index (χ3v) is 11.3. The van der Waals surface area contributed by atoms with Crippen molar-refractivity contribution in [2.75, 3.05) is 5.88 Å². The summed E-state index contributed by atoms with van der Waals surface area (Å²) in [5.41, 5.74) is 0. The third-order valence-electron chi connectivity index (χ3n) is 3.30. The molecule has 3 aromatic carbocycles.